The van der Waals surface area contributed by atoms with Gasteiger partial charge in [-0.3, -0.25) is 0 Å². The van der Waals surface area contributed by atoms with Gasteiger partial charge in [0.2, 0.25) is 0 Å². The summed E-state index contributed by atoms with van der Waals surface area (Å²) >= 11 is 1.80. The molecule has 3 nitrogen and oxygen atoms in total. The molecule has 0 bridgehead atoms. The van der Waals surface area contributed by atoms with Crippen LogP contribution in [0.15, 0.2) is 52.3 Å². The van der Waals surface area contributed by atoms with Crippen LogP contribution in [0.3, 0.4) is 0 Å². The van der Waals surface area contributed by atoms with Crippen LogP contribution in [-0.4, -0.2) is 32.1 Å². The molecule has 0 aliphatic carbocycles. The quantitative estimate of drug-likeness (QED) is 0.794. The molecule has 4 rings (SSSR count). The van der Waals surface area contributed by atoms with Gasteiger partial charge in [0.15, 0.2) is 0 Å². The zero-order valence-corrected chi connectivity index (χ0v) is 15.0. The maximum absolute atomic E-state index is 6.56. The van der Waals surface area contributed by atoms with E-state index in [0.29, 0.717) is 5.92 Å². The van der Waals surface area contributed by atoms with Gasteiger partial charge in [0.25, 0.3) is 0 Å². The molecule has 126 valence electrons. The van der Waals surface area contributed by atoms with Gasteiger partial charge in [-0.1, -0.05) is 23.9 Å². The summed E-state index contributed by atoms with van der Waals surface area (Å²) in [7, 11) is 3.93. The Labute approximate surface area is 148 Å². The van der Waals surface area contributed by atoms with Crippen molar-refractivity contribution < 1.29 is 9.47 Å². The number of rotatable bonds is 2. The average molecular weight is 341 g/mol. The normalized spacial score (nSPS) is 21.3. The van der Waals surface area contributed by atoms with Gasteiger partial charge in [0.1, 0.15) is 17.6 Å². The molecule has 1 atom stereocenters. The highest BCUT2D eigenvalue weighted by Crippen LogP contribution is 2.48. The second-order valence-corrected chi connectivity index (χ2v) is 7.72. The lowest BCUT2D eigenvalue weighted by atomic mass is 9.87. The number of fused-ring (bicyclic) bond motifs is 2. The van der Waals surface area contributed by atoms with Crippen molar-refractivity contribution in [3.05, 3.63) is 48.0 Å². The van der Waals surface area contributed by atoms with Gasteiger partial charge in [0.05, 0.1) is 12.0 Å². The van der Waals surface area contributed by atoms with Crippen molar-refractivity contribution in [2.45, 2.75) is 28.7 Å². The summed E-state index contributed by atoms with van der Waals surface area (Å²) in [5.74, 6) is 2.45. The van der Waals surface area contributed by atoms with Crippen LogP contribution < -0.4 is 9.47 Å². The Kier molecular flexibility index (Phi) is 4.42. The zero-order valence-electron chi connectivity index (χ0n) is 14.2. The number of ether oxygens (including phenoxy) is 2. The Morgan fingerprint density at radius 1 is 1.08 bits per heavy atom. The molecule has 0 N–H and O–H groups in total. The molecule has 0 amide bonds. The van der Waals surface area contributed by atoms with E-state index in [1.807, 2.05) is 6.07 Å². The van der Waals surface area contributed by atoms with Crippen molar-refractivity contribution in [2.75, 3.05) is 27.2 Å². The third-order valence-corrected chi connectivity index (χ3v) is 6.19. The molecule has 0 radical (unpaired) electrons. The summed E-state index contributed by atoms with van der Waals surface area (Å²) in [6.07, 6.45) is 2.44. The maximum Gasteiger partial charge on any atom is 0.134 e. The molecular weight excluding hydrogens is 318 g/mol. The summed E-state index contributed by atoms with van der Waals surface area (Å²) in [4.78, 5) is 4.88. The summed E-state index contributed by atoms with van der Waals surface area (Å²) in [5, 5.41) is 0. The number of likely N-dealkylation sites (tertiary alicyclic amines) is 1. The van der Waals surface area contributed by atoms with E-state index in [1.54, 1.807) is 18.9 Å². The molecule has 0 saturated carbocycles. The molecular formula is C20H23NO2S. The molecule has 0 spiro atoms. The van der Waals surface area contributed by atoms with Gasteiger partial charge in [-0.15, -0.1) is 0 Å². The molecule has 1 saturated heterocycles. The highest BCUT2D eigenvalue weighted by atomic mass is 32.2. The summed E-state index contributed by atoms with van der Waals surface area (Å²) in [5.41, 5.74) is 1.27. The minimum absolute atomic E-state index is 0.0972. The first-order valence-electron chi connectivity index (χ1n) is 8.54. The number of hydrogen-bond acceptors (Lipinski definition) is 4. The second-order valence-electron chi connectivity index (χ2n) is 6.63. The van der Waals surface area contributed by atoms with E-state index < -0.39 is 0 Å². The number of nitrogens with zero attached hydrogens (tertiary/aromatic N) is 1. The molecule has 2 aromatic rings. The first kappa shape index (κ1) is 15.9. The molecule has 0 aromatic heterocycles. The fourth-order valence-electron chi connectivity index (χ4n) is 3.60. The van der Waals surface area contributed by atoms with Crippen molar-refractivity contribution in [3.8, 4) is 11.5 Å². The van der Waals surface area contributed by atoms with Crippen molar-refractivity contribution in [3.63, 3.8) is 0 Å². The van der Waals surface area contributed by atoms with E-state index in [1.165, 1.54) is 28.2 Å². The topological polar surface area (TPSA) is 21.7 Å². The first-order valence-corrected chi connectivity index (χ1v) is 9.36. The molecule has 2 aliphatic heterocycles. The number of hydrogen-bond donors (Lipinski definition) is 0. The van der Waals surface area contributed by atoms with Crippen LogP contribution in [0, 0.1) is 5.92 Å². The van der Waals surface area contributed by atoms with Crippen LogP contribution in [0.4, 0.5) is 0 Å². The van der Waals surface area contributed by atoms with Gasteiger partial charge in [0, 0.05) is 16.4 Å². The lowest BCUT2D eigenvalue weighted by molar-refractivity contribution is 0.0817. The Balaban J connectivity index is 1.76. The van der Waals surface area contributed by atoms with Crippen molar-refractivity contribution >= 4 is 11.8 Å². The van der Waals surface area contributed by atoms with Crippen LogP contribution >= 0.6 is 11.8 Å². The zero-order chi connectivity index (χ0) is 16.5. The third kappa shape index (κ3) is 3.01. The number of methoxy groups -OCH3 is 1. The Bertz CT molecular complexity index is 725. The molecule has 2 aromatic carbocycles. The van der Waals surface area contributed by atoms with E-state index in [9.17, 15) is 0 Å². The van der Waals surface area contributed by atoms with E-state index >= 15 is 0 Å². The second kappa shape index (κ2) is 6.69. The molecule has 2 heterocycles. The Morgan fingerprint density at radius 2 is 1.88 bits per heavy atom. The Hall–Kier alpha value is -1.65. The van der Waals surface area contributed by atoms with Crippen LogP contribution in [-0.2, 0) is 0 Å². The molecule has 0 unspecified atom stereocenters. The minimum atomic E-state index is 0.0972. The van der Waals surface area contributed by atoms with Gasteiger partial charge in [-0.2, -0.15) is 0 Å². The fraction of sp³-hybridized carbons (Fsp3) is 0.400. The SMILES string of the molecule is COc1ccc2c(c1)[C@H](C1CCN(C)CC1)Oc1ccccc1S2. The molecule has 4 heteroatoms. The molecule has 24 heavy (non-hydrogen) atoms. The van der Waals surface area contributed by atoms with E-state index in [-0.39, 0.29) is 6.10 Å². The van der Waals surface area contributed by atoms with Crippen LogP contribution in [0.25, 0.3) is 0 Å². The Morgan fingerprint density at radius 3 is 2.67 bits per heavy atom. The van der Waals surface area contributed by atoms with Crippen LogP contribution in [0.5, 0.6) is 11.5 Å². The average Bonchev–Trinajstić information content (AvgIpc) is 2.78. The van der Waals surface area contributed by atoms with E-state index in [2.05, 4.69) is 48.3 Å². The summed E-state index contributed by atoms with van der Waals surface area (Å²) in [6.45, 7) is 2.28. The fourth-order valence-corrected chi connectivity index (χ4v) is 4.63. The summed E-state index contributed by atoms with van der Waals surface area (Å²) < 4.78 is 12.0. The predicted octanol–water partition coefficient (Wildman–Crippen LogP) is 4.62. The van der Waals surface area contributed by atoms with Gasteiger partial charge < -0.3 is 14.4 Å². The smallest absolute Gasteiger partial charge is 0.134 e. The van der Waals surface area contributed by atoms with Gasteiger partial charge >= 0.3 is 0 Å². The molecule has 2 aliphatic rings. The highest BCUT2D eigenvalue weighted by Gasteiger charge is 2.33. The van der Waals surface area contributed by atoms with Gasteiger partial charge in [-0.05, 0) is 63.3 Å². The monoisotopic (exact) mass is 341 g/mol. The highest BCUT2D eigenvalue weighted by molar-refractivity contribution is 7.99. The third-order valence-electron chi connectivity index (χ3n) is 5.04. The van der Waals surface area contributed by atoms with E-state index in [4.69, 9.17) is 9.47 Å². The summed E-state index contributed by atoms with van der Waals surface area (Å²) in [6, 6.07) is 14.8. The largest absolute Gasteiger partial charge is 0.497 e. The number of benzene rings is 2. The van der Waals surface area contributed by atoms with Crippen LogP contribution in [0.2, 0.25) is 0 Å². The van der Waals surface area contributed by atoms with Crippen LogP contribution in [0.1, 0.15) is 24.5 Å². The lowest BCUT2D eigenvalue weighted by Gasteiger charge is -2.34. The van der Waals surface area contributed by atoms with Crippen molar-refractivity contribution in [1.82, 2.24) is 4.90 Å². The number of piperidine rings is 1. The molecule has 1 fully saturated rings. The van der Waals surface area contributed by atoms with E-state index in [0.717, 1.165) is 24.6 Å². The first-order chi connectivity index (χ1) is 11.7. The van der Waals surface area contributed by atoms with Crippen molar-refractivity contribution in [1.29, 1.82) is 0 Å². The lowest BCUT2D eigenvalue weighted by Crippen LogP contribution is -2.34. The predicted molar refractivity (Wildman–Crippen MR) is 97.1 cm³/mol. The standard InChI is InChI=1S/C20H23NO2S/c1-21-11-9-14(10-12-21)20-16-13-15(22-2)7-8-18(16)24-19-6-4-3-5-17(19)23-20/h3-8,13-14,20H,9-12H2,1-2H3/t20-/m0/s1. The maximum atomic E-state index is 6.56. The number of para-hydroxylation sites is 1. The van der Waals surface area contributed by atoms with Crippen molar-refractivity contribution in [2.24, 2.45) is 5.92 Å². The van der Waals surface area contributed by atoms with Gasteiger partial charge in [-0.25, -0.2) is 0 Å². The minimum Gasteiger partial charge on any atom is -0.497 e.